The Morgan fingerprint density at radius 2 is 1.38 bits per heavy atom. The van der Waals surface area contributed by atoms with Gasteiger partial charge in [0.25, 0.3) is 0 Å². The molecule has 2 aliphatic heterocycles. The van der Waals surface area contributed by atoms with Gasteiger partial charge in [-0.1, -0.05) is 51.1 Å². The molecule has 2 aliphatic carbocycles. The highest BCUT2D eigenvalue weighted by atomic mass is 15.3. The van der Waals surface area contributed by atoms with E-state index in [2.05, 4.69) is 60.9 Å². The molecule has 0 radical (unpaired) electrons. The molecular weight excluding hydrogens is 388 g/mol. The van der Waals surface area contributed by atoms with Crippen LogP contribution in [0.1, 0.15) is 84.4 Å². The lowest BCUT2D eigenvalue weighted by molar-refractivity contribution is 0.359. The summed E-state index contributed by atoms with van der Waals surface area (Å²) in [6, 6.07) is 14.3. The molecule has 2 fully saturated rings. The van der Waals surface area contributed by atoms with E-state index in [0.717, 1.165) is 12.1 Å². The number of nitrogens with zero attached hydrogens (tertiary/aromatic N) is 2. The van der Waals surface area contributed by atoms with Gasteiger partial charge >= 0.3 is 0 Å². The summed E-state index contributed by atoms with van der Waals surface area (Å²) >= 11 is 0. The molecule has 2 saturated heterocycles. The molecule has 0 saturated carbocycles. The zero-order valence-corrected chi connectivity index (χ0v) is 20.4. The second-order valence-corrected chi connectivity index (χ2v) is 11.5. The van der Waals surface area contributed by atoms with E-state index >= 15 is 0 Å². The van der Waals surface area contributed by atoms with E-state index in [-0.39, 0.29) is 0 Å². The Balaban J connectivity index is 1.21. The van der Waals surface area contributed by atoms with E-state index in [1.165, 1.54) is 71.1 Å². The Morgan fingerprint density at radius 1 is 0.750 bits per heavy atom. The summed E-state index contributed by atoms with van der Waals surface area (Å²) in [5.74, 6) is 1.18. The summed E-state index contributed by atoms with van der Waals surface area (Å²) < 4.78 is 0. The van der Waals surface area contributed by atoms with Crippen LogP contribution in [0.25, 0.3) is 0 Å². The molecule has 2 nitrogen and oxygen atoms in total. The first kappa shape index (κ1) is 20.9. The van der Waals surface area contributed by atoms with Crippen molar-refractivity contribution in [3.8, 4) is 0 Å². The third-order valence-corrected chi connectivity index (χ3v) is 8.81. The zero-order chi connectivity index (χ0) is 21.8. The van der Waals surface area contributed by atoms with Crippen LogP contribution in [-0.2, 0) is 32.1 Å². The Hall–Kier alpha value is -1.64. The minimum absolute atomic E-state index is 0.578. The molecule has 2 heteroatoms. The van der Waals surface area contributed by atoms with Gasteiger partial charge in [-0.2, -0.15) is 0 Å². The Morgan fingerprint density at radius 3 is 2.00 bits per heavy atom. The van der Waals surface area contributed by atoms with Gasteiger partial charge in [0.05, 0.1) is 0 Å². The number of benzene rings is 2. The molecule has 170 valence electrons. The van der Waals surface area contributed by atoms with Crippen LogP contribution in [0, 0.1) is 0 Å². The van der Waals surface area contributed by atoms with Gasteiger partial charge in [-0.15, -0.1) is 0 Å². The van der Waals surface area contributed by atoms with Crippen molar-refractivity contribution in [2.24, 2.45) is 0 Å². The molecule has 32 heavy (non-hydrogen) atoms. The van der Waals surface area contributed by atoms with Crippen molar-refractivity contribution in [2.75, 3.05) is 26.2 Å². The Bertz CT molecular complexity index is 998. The smallest absolute Gasteiger partial charge is 0.0140 e. The predicted molar refractivity (Wildman–Crippen MR) is 134 cm³/mol. The highest BCUT2D eigenvalue weighted by Crippen LogP contribution is 2.35. The molecule has 0 N–H and O–H groups in total. The summed E-state index contributed by atoms with van der Waals surface area (Å²) in [6.07, 6.45) is 8.96. The topological polar surface area (TPSA) is 6.02 Å². The second kappa shape index (κ2) is 8.29. The van der Waals surface area contributed by atoms with Crippen LogP contribution in [0.3, 0.4) is 0 Å². The van der Waals surface area contributed by atoms with Crippen LogP contribution < -0.4 is 0 Å². The first-order chi connectivity index (χ1) is 15.5. The summed E-state index contributed by atoms with van der Waals surface area (Å²) in [5.41, 5.74) is 11.3. The Labute approximate surface area is 195 Å². The normalized spacial score (nSPS) is 26.0. The van der Waals surface area contributed by atoms with E-state index in [4.69, 9.17) is 0 Å². The highest BCUT2D eigenvalue weighted by molar-refractivity contribution is 5.44. The molecule has 4 aliphatic rings. The van der Waals surface area contributed by atoms with Crippen molar-refractivity contribution in [3.63, 3.8) is 0 Å². The van der Waals surface area contributed by atoms with Crippen LogP contribution >= 0.6 is 0 Å². The summed E-state index contributed by atoms with van der Waals surface area (Å²) in [4.78, 5) is 5.31. The number of hydrogen-bond donors (Lipinski definition) is 0. The second-order valence-electron chi connectivity index (χ2n) is 11.5. The van der Waals surface area contributed by atoms with Crippen molar-refractivity contribution in [2.45, 2.75) is 89.6 Å². The average Bonchev–Trinajstić information content (AvgIpc) is 3.70. The van der Waals surface area contributed by atoms with Crippen LogP contribution in [-0.4, -0.2) is 48.1 Å². The van der Waals surface area contributed by atoms with E-state index in [1.54, 1.807) is 38.9 Å². The Kier molecular flexibility index (Phi) is 5.42. The third kappa shape index (κ3) is 4.17. The van der Waals surface area contributed by atoms with Crippen molar-refractivity contribution in [1.29, 1.82) is 0 Å². The van der Waals surface area contributed by atoms with Crippen molar-refractivity contribution in [1.82, 2.24) is 9.80 Å². The minimum Gasteiger partial charge on any atom is -0.298 e. The van der Waals surface area contributed by atoms with Gasteiger partial charge in [-0.05, 0) is 95.7 Å². The molecule has 3 atom stereocenters. The zero-order valence-electron chi connectivity index (χ0n) is 20.4. The van der Waals surface area contributed by atoms with Gasteiger partial charge in [-0.3, -0.25) is 9.80 Å². The predicted octanol–water partition coefficient (Wildman–Crippen LogP) is 5.50. The lowest BCUT2D eigenvalue weighted by Crippen LogP contribution is -2.27. The molecule has 0 aromatic heterocycles. The lowest BCUT2D eigenvalue weighted by Gasteiger charge is -2.29. The van der Waals surface area contributed by atoms with Gasteiger partial charge < -0.3 is 0 Å². The fraction of sp³-hybridized carbons (Fsp3) is 0.600. The fourth-order valence-electron chi connectivity index (χ4n) is 6.55. The number of rotatable bonds is 6. The highest BCUT2D eigenvalue weighted by Gasteiger charge is 2.32. The number of aryl methyl sites for hydroxylation is 2. The van der Waals surface area contributed by atoms with E-state index < -0.39 is 0 Å². The molecule has 6 rings (SSSR count). The quantitative estimate of drug-likeness (QED) is 0.560. The fourth-order valence-corrected chi connectivity index (χ4v) is 6.55. The maximum absolute atomic E-state index is 2.66. The monoisotopic (exact) mass is 428 g/mol. The number of hydrogen-bond acceptors (Lipinski definition) is 2. The van der Waals surface area contributed by atoms with Crippen LogP contribution in [0.2, 0.25) is 0 Å². The number of fused-ring (bicyclic) bond motifs is 2. The maximum atomic E-state index is 2.66. The molecule has 2 aromatic carbocycles. The third-order valence-electron chi connectivity index (χ3n) is 8.81. The standard InChI is InChI=1S/C30H40N2/c1-20(2)30-19-26-18-29(32-12-13-32)9-7-24(26)16-27(30)14-21(3)22-4-5-25-17-28(31-10-11-31)8-6-23(25)15-22/h4-5,15-16,19-21,28-29H,6-14,17-18H2,1-3H3. The van der Waals surface area contributed by atoms with Gasteiger partial charge in [0, 0.05) is 38.3 Å². The molecule has 2 aromatic rings. The first-order valence-corrected chi connectivity index (χ1v) is 13.3. The molecule has 0 amide bonds. The minimum atomic E-state index is 0.578. The van der Waals surface area contributed by atoms with Crippen LogP contribution in [0.4, 0.5) is 0 Å². The van der Waals surface area contributed by atoms with Crippen LogP contribution in [0.5, 0.6) is 0 Å². The van der Waals surface area contributed by atoms with Crippen molar-refractivity contribution in [3.05, 3.63) is 69.3 Å². The van der Waals surface area contributed by atoms with Gasteiger partial charge in [-0.25, -0.2) is 0 Å². The molecule has 3 unspecified atom stereocenters. The van der Waals surface area contributed by atoms with E-state index in [9.17, 15) is 0 Å². The van der Waals surface area contributed by atoms with Crippen LogP contribution in [0.15, 0.2) is 30.3 Å². The SMILES string of the molecule is CC(C)c1cc2c(cc1CC(C)c1ccc3c(c1)CCC(N1CC1)C3)CCC(N1CC1)C2. The largest absolute Gasteiger partial charge is 0.298 e. The van der Waals surface area contributed by atoms with Gasteiger partial charge in [0.2, 0.25) is 0 Å². The van der Waals surface area contributed by atoms with Crippen molar-refractivity contribution >= 4 is 0 Å². The molecule has 2 heterocycles. The first-order valence-electron chi connectivity index (χ1n) is 13.3. The summed E-state index contributed by atoms with van der Waals surface area (Å²) in [5, 5.41) is 0. The van der Waals surface area contributed by atoms with Gasteiger partial charge in [0.15, 0.2) is 0 Å². The average molecular weight is 429 g/mol. The summed E-state index contributed by atoms with van der Waals surface area (Å²) in [6.45, 7) is 12.5. The summed E-state index contributed by atoms with van der Waals surface area (Å²) in [7, 11) is 0. The van der Waals surface area contributed by atoms with Crippen molar-refractivity contribution < 1.29 is 0 Å². The van der Waals surface area contributed by atoms with Gasteiger partial charge in [0.1, 0.15) is 0 Å². The maximum Gasteiger partial charge on any atom is 0.0140 e. The lowest BCUT2D eigenvalue weighted by atomic mass is 9.80. The molecular formula is C30H40N2. The molecule has 0 spiro atoms. The molecule has 0 bridgehead atoms. The van der Waals surface area contributed by atoms with E-state index in [1.807, 2.05) is 0 Å². The van der Waals surface area contributed by atoms with E-state index in [0.29, 0.717) is 11.8 Å².